The molecule has 1 amide bonds. The average Bonchev–Trinajstić information content (AvgIpc) is 2.77. The number of hydrogen-bond acceptors (Lipinski definition) is 3. The maximum absolute atomic E-state index is 11.9. The first-order valence-electron chi connectivity index (χ1n) is 6.56. The Morgan fingerprint density at radius 1 is 1.24 bits per heavy atom. The Balaban J connectivity index is 2.17. The van der Waals surface area contributed by atoms with Crippen molar-refractivity contribution in [3.8, 4) is 5.69 Å². The van der Waals surface area contributed by atoms with Gasteiger partial charge in [0.1, 0.15) is 6.04 Å². The van der Waals surface area contributed by atoms with Gasteiger partial charge in [0.15, 0.2) is 0 Å². The molecule has 1 heterocycles. The number of nitrogens with one attached hydrogen (secondary N) is 1. The first kappa shape index (κ1) is 14.8. The molecule has 0 spiro atoms. The number of carbonyl (C=O) groups is 2. The molecule has 2 aromatic rings. The number of benzene rings is 1. The second-order valence-corrected chi connectivity index (χ2v) is 4.92. The van der Waals surface area contributed by atoms with Crippen LogP contribution in [-0.4, -0.2) is 32.8 Å². The highest BCUT2D eigenvalue weighted by atomic mass is 16.4. The zero-order chi connectivity index (χ0) is 15.6. The minimum atomic E-state index is -1.07. The van der Waals surface area contributed by atoms with E-state index in [9.17, 15) is 9.59 Å². The highest BCUT2D eigenvalue weighted by Crippen LogP contribution is 2.13. The summed E-state index contributed by atoms with van der Waals surface area (Å²) in [5.41, 5.74) is 3.19. The van der Waals surface area contributed by atoms with Gasteiger partial charge >= 0.3 is 5.97 Å². The van der Waals surface area contributed by atoms with Crippen LogP contribution in [0.15, 0.2) is 30.3 Å². The summed E-state index contributed by atoms with van der Waals surface area (Å²) in [6.07, 6.45) is 0. The maximum atomic E-state index is 11.9. The summed E-state index contributed by atoms with van der Waals surface area (Å²) in [5.74, 6) is -1.48. The van der Waals surface area contributed by atoms with Gasteiger partial charge in [0.2, 0.25) is 0 Å². The Morgan fingerprint density at radius 2 is 1.86 bits per heavy atom. The smallest absolute Gasteiger partial charge is 0.325 e. The summed E-state index contributed by atoms with van der Waals surface area (Å²) >= 11 is 0. The Bertz CT molecular complexity index is 674. The topological polar surface area (TPSA) is 84.2 Å². The zero-order valence-corrected chi connectivity index (χ0v) is 12.1. The molecule has 0 aliphatic heterocycles. The summed E-state index contributed by atoms with van der Waals surface area (Å²) in [7, 11) is 0. The van der Waals surface area contributed by atoms with Gasteiger partial charge in [-0.15, -0.1) is 0 Å². The fourth-order valence-corrected chi connectivity index (χ4v) is 1.99. The molecule has 21 heavy (non-hydrogen) atoms. The predicted molar refractivity (Wildman–Crippen MR) is 77.6 cm³/mol. The average molecular weight is 287 g/mol. The quantitative estimate of drug-likeness (QED) is 0.896. The van der Waals surface area contributed by atoms with Crippen LogP contribution >= 0.6 is 0 Å². The second kappa shape index (κ2) is 5.78. The van der Waals surface area contributed by atoms with Crippen LogP contribution in [0.4, 0.5) is 0 Å². The monoisotopic (exact) mass is 287 g/mol. The number of hydrogen-bond donors (Lipinski definition) is 2. The van der Waals surface area contributed by atoms with E-state index in [0.29, 0.717) is 5.56 Å². The maximum Gasteiger partial charge on any atom is 0.325 e. The minimum absolute atomic E-state index is 0.411. The van der Waals surface area contributed by atoms with E-state index in [2.05, 4.69) is 10.4 Å². The third-order valence-corrected chi connectivity index (χ3v) is 3.10. The van der Waals surface area contributed by atoms with Gasteiger partial charge in [0, 0.05) is 11.3 Å². The van der Waals surface area contributed by atoms with E-state index in [1.165, 1.54) is 6.92 Å². The van der Waals surface area contributed by atoms with Crippen molar-refractivity contribution in [3.63, 3.8) is 0 Å². The van der Waals surface area contributed by atoms with Crippen molar-refractivity contribution in [1.29, 1.82) is 0 Å². The van der Waals surface area contributed by atoms with E-state index in [4.69, 9.17) is 5.11 Å². The number of rotatable bonds is 4. The van der Waals surface area contributed by atoms with Crippen LogP contribution in [0, 0.1) is 13.8 Å². The van der Waals surface area contributed by atoms with Crippen LogP contribution in [0.3, 0.4) is 0 Å². The number of carboxylic acid groups (broad SMARTS) is 1. The molecule has 110 valence electrons. The highest BCUT2D eigenvalue weighted by Gasteiger charge is 2.15. The molecule has 6 nitrogen and oxygen atoms in total. The second-order valence-electron chi connectivity index (χ2n) is 4.92. The van der Waals surface area contributed by atoms with Gasteiger partial charge in [-0.3, -0.25) is 9.59 Å². The molecule has 0 saturated carbocycles. The van der Waals surface area contributed by atoms with E-state index in [0.717, 1.165) is 17.1 Å². The number of amides is 1. The van der Waals surface area contributed by atoms with E-state index >= 15 is 0 Å². The number of nitrogens with zero attached hydrogens (tertiary/aromatic N) is 2. The first-order chi connectivity index (χ1) is 9.88. The summed E-state index contributed by atoms with van der Waals surface area (Å²) in [6.45, 7) is 5.29. The molecule has 0 fully saturated rings. The Labute approximate surface area is 122 Å². The third-order valence-electron chi connectivity index (χ3n) is 3.10. The highest BCUT2D eigenvalue weighted by molar-refractivity contribution is 5.96. The van der Waals surface area contributed by atoms with Crippen LogP contribution in [0.1, 0.15) is 28.7 Å². The van der Waals surface area contributed by atoms with Crippen LogP contribution in [0.2, 0.25) is 0 Å². The van der Waals surface area contributed by atoms with Crippen molar-refractivity contribution in [2.45, 2.75) is 26.8 Å². The SMILES string of the molecule is Cc1cc(C)n(-c2ccc(C(=O)N[C@@H](C)C(=O)O)cc2)n1. The number of carbonyl (C=O) groups excluding carboxylic acids is 1. The van der Waals surface area contributed by atoms with Crippen molar-refractivity contribution < 1.29 is 14.7 Å². The van der Waals surface area contributed by atoms with Crippen LogP contribution in [0.5, 0.6) is 0 Å². The Kier molecular flexibility index (Phi) is 4.07. The van der Waals surface area contributed by atoms with E-state index in [1.807, 2.05) is 19.9 Å². The van der Waals surface area contributed by atoms with Crippen molar-refractivity contribution in [2.75, 3.05) is 0 Å². The van der Waals surface area contributed by atoms with Crippen molar-refractivity contribution in [3.05, 3.63) is 47.3 Å². The normalized spacial score (nSPS) is 12.0. The Morgan fingerprint density at radius 3 is 2.33 bits per heavy atom. The lowest BCUT2D eigenvalue weighted by atomic mass is 10.2. The molecule has 0 saturated heterocycles. The largest absolute Gasteiger partial charge is 0.480 e. The number of aromatic nitrogens is 2. The molecule has 2 rings (SSSR count). The lowest BCUT2D eigenvalue weighted by molar-refractivity contribution is -0.138. The number of carboxylic acids is 1. The Hall–Kier alpha value is -2.63. The predicted octanol–water partition coefficient (Wildman–Crippen LogP) is 1.69. The fourth-order valence-electron chi connectivity index (χ4n) is 1.99. The summed E-state index contributed by atoms with van der Waals surface area (Å²) in [5, 5.41) is 15.6. The van der Waals surface area contributed by atoms with E-state index in [-0.39, 0.29) is 0 Å². The summed E-state index contributed by atoms with van der Waals surface area (Å²) < 4.78 is 1.79. The molecule has 0 aliphatic rings. The van der Waals surface area contributed by atoms with Gasteiger partial charge in [-0.25, -0.2) is 4.68 Å². The van der Waals surface area contributed by atoms with Gasteiger partial charge in [-0.2, -0.15) is 5.10 Å². The molecular weight excluding hydrogens is 270 g/mol. The number of aliphatic carboxylic acids is 1. The van der Waals surface area contributed by atoms with Gasteiger partial charge in [-0.1, -0.05) is 0 Å². The first-order valence-corrected chi connectivity index (χ1v) is 6.56. The molecular formula is C15H17N3O3. The molecule has 1 aromatic heterocycles. The molecule has 0 aliphatic carbocycles. The summed E-state index contributed by atoms with van der Waals surface area (Å²) in [4.78, 5) is 22.6. The zero-order valence-electron chi connectivity index (χ0n) is 12.1. The molecule has 1 atom stereocenters. The van der Waals surface area contributed by atoms with Gasteiger partial charge in [-0.05, 0) is 51.1 Å². The van der Waals surface area contributed by atoms with Crippen molar-refractivity contribution >= 4 is 11.9 Å². The minimum Gasteiger partial charge on any atom is -0.480 e. The van der Waals surface area contributed by atoms with Crippen LogP contribution < -0.4 is 5.32 Å². The van der Waals surface area contributed by atoms with E-state index in [1.54, 1.807) is 28.9 Å². The third kappa shape index (κ3) is 3.28. The van der Waals surface area contributed by atoms with Gasteiger partial charge in [0.05, 0.1) is 11.4 Å². The van der Waals surface area contributed by atoms with Crippen molar-refractivity contribution in [1.82, 2.24) is 15.1 Å². The lowest BCUT2D eigenvalue weighted by Crippen LogP contribution is -2.38. The molecule has 0 radical (unpaired) electrons. The summed E-state index contributed by atoms with van der Waals surface area (Å²) in [6, 6.07) is 7.90. The van der Waals surface area contributed by atoms with Crippen molar-refractivity contribution in [2.24, 2.45) is 0 Å². The van der Waals surface area contributed by atoms with Crippen LogP contribution in [0.25, 0.3) is 5.69 Å². The van der Waals surface area contributed by atoms with Crippen LogP contribution in [-0.2, 0) is 4.79 Å². The number of aryl methyl sites for hydroxylation is 2. The lowest BCUT2D eigenvalue weighted by Gasteiger charge is -2.10. The van der Waals surface area contributed by atoms with Gasteiger partial charge in [0.25, 0.3) is 5.91 Å². The standard InChI is InChI=1S/C15H17N3O3/c1-9-8-10(2)18(17-9)13-6-4-12(5-7-13)14(19)16-11(3)15(20)21/h4-8,11H,1-3H3,(H,16,19)(H,20,21)/t11-/m0/s1. The molecule has 1 aromatic carbocycles. The molecule has 0 unspecified atom stereocenters. The molecule has 2 N–H and O–H groups in total. The van der Waals surface area contributed by atoms with Gasteiger partial charge < -0.3 is 10.4 Å². The fraction of sp³-hybridized carbons (Fsp3) is 0.267. The molecule has 6 heteroatoms. The molecule has 0 bridgehead atoms. The van der Waals surface area contributed by atoms with E-state index < -0.39 is 17.9 Å².